The summed E-state index contributed by atoms with van der Waals surface area (Å²) in [6.45, 7) is 3.87. The second-order valence-electron chi connectivity index (χ2n) is 2.63. The number of aliphatic hydroxyl groups excluding tert-OH is 1. The molecule has 0 aliphatic heterocycles. The van der Waals surface area contributed by atoms with Gasteiger partial charge in [-0.15, -0.1) is 0 Å². The first-order chi connectivity index (χ1) is 5.20. The van der Waals surface area contributed by atoms with Gasteiger partial charge in [0.25, 0.3) is 0 Å². The number of aliphatic hydroxyl groups is 1. The van der Waals surface area contributed by atoms with Crippen molar-refractivity contribution in [2.75, 3.05) is 6.61 Å². The standard InChI is InChI=1S/C9H16O2/c1-3-9(11)5-4-8(2)6-7-10/h6,10H,3-5,7H2,1-2H3/b8-6+. The van der Waals surface area contributed by atoms with Crippen molar-refractivity contribution >= 4 is 5.78 Å². The summed E-state index contributed by atoms with van der Waals surface area (Å²) < 4.78 is 0. The largest absolute Gasteiger partial charge is 0.392 e. The lowest BCUT2D eigenvalue weighted by atomic mass is 10.1. The van der Waals surface area contributed by atoms with Gasteiger partial charge in [0.05, 0.1) is 6.61 Å². The number of ketones is 1. The highest BCUT2D eigenvalue weighted by molar-refractivity contribution is 5.78. The summed E-state index contributed by atoms with van der Waals surface area (Å²) in [5.74, 6) is 0.288. The molecule has 0 amide bonds. The van der Waals surface area contributed by atoms with Gasteiger partial charge in [-0.1, -0.05) is 18.6 Å². The molecule has 2 nitrogen and oxygen atoms in total. The predicted molar refractivity (Wildman–Crippen MR) is 45.4 cm³/mol. The van der Waals surface area contributed by atoms with Crippen molar-refractivity contribution in [2.24, 2.45) is 0 Å². The number of hydrogen-bond donors (Lipinski definition) is 1. The van der Waals surface area contributed by atoms with Gasteiger partial charge >= 0.3 is 0 Å². The van der Waals surface area contributed by atoms with Crippen LogP contribution in [0.1, 0.15) is 33.1 Å². The molecule has 64 valence electrons. The third-order valence-electron chi connectivity index (χ3n) is 1.63. The van der Waals surface area contributed by atoms with Crippen molar-refractivity contribution in [1.82, 2.24) is 0 Å². The SMILES string of the molecule is CCC(=O)CC/C(C)=C/CO. The molecule has 0 bridgehead atoms. The zero-order chi connectivity index (χ0) is 8.69. The highest BCUT2D eigenvalue weighted by Crippen LogP contribution is 2.04. The van der Waals surface area contributed by atoms with E-state index in [4.69, 9.17) is 5.11 Å². The lowest BCUT2D eigenvalue weighted by Gasteiger charge is -1.97. The van der Waals surface area contributed by atoms with E-state index in [1.807, 2.05) is 13.8 Å². The summed E-state index contributed by atoms with van der Waals surface area (Å²) in [7, 11) is 0. The summed E-state index contributed by atoms with van der Waals surface area (Å²) in [4.78, 5) is 10.8. The first kappa shape index (κ1) is 10.4. The molecule has 0 heterocycles. The quantitative estimate of drug-likeness (QED) is 0.615. The van der Waals surface area contributed by atoms with E-state index in [-0.39, 0.29) is 12.4 Å². The first-order valence-electron chi connectivity index (χ1n) is 3.99. The van der Waals surface area contributed by atoms with Gasteiger partial charge in [-0.05, 0) is 13.3 Å². The van der Waals surface area contributed by atoms with Crippen molar-refractivity contribution in [3.05, 3.63) is 11.6 Å². The Morgan fingerprint density at radius 3 is 2.55 bits per heavy atom. The van der Waals surface area contributed by atoms with Gasteiger partial charge in [-0.25, -0.2) is 0 Å². The predicted octanol–water partition coefficient (Wildman–Crippen LogP) is 1.68. The Kier molecular flexibility index (Phi) is 5.75. The number of hydrogen-bond acceptors (Lipinski definition) is 2. The summed E-state index contributed by atoms with van der Waals surface area (Å²) >= 11 is 0. The van der Waals surface area contributed by atoms with Crippen LogP contribution in [0.15, 0.2) is 11.6 Å². The first-order valence-corrected chi connectivity index (χ1v) is 3.99. The van der Waals surface area contributed by atoms with E-state index in [1.54, 1.807) is 6.08 Å². The fraction of sp³-hybridized carbons (Fsp3) is 0.667. The highest BCUT2D eigenvalue weighted by atomic mass is 16.2. The van der Waals surface area contributed by atoms with E-state index in [9.17, 15) is 4.79 Å². The lowest BCUT2D eigenvalue weighted by Crippen LogP contribution is -1.95. The number of Topliss-reactive ketones (excluding diaryl/α,β-unsaturated/α-hetero) is 1. The fourth-order valence-corrected chi connectivity index (χ4v) is 0.771. The minimum atomic E-state index is 0.0755. The molecule has 0 aliphatic carbocycles. The maximum Gasteiger partial charge on any atom is 0.132 e. The minimum Gasteiger partial charge on any atom is -0.392 e. The van der Waals surface area contributed by atoms with Gasteiger partial charge in [0.1, 0.15) is 5.78 Å². The Labute approximate surface area is 67.9 Å². The molecule has 0 aliphatic rings. The van der Waals surface area contributed by atoms with Crippen LogP contribution in [0.4, 0.5) is 0 Å². The average Bonchev–Trinajstić information content (AvgIpc) is 2.01. The normalized spacial score (nSPS) is 11.7. The van der Waals surface area contributed by atoms with Crippen molar-refractivity contribution in [1.29, 1.82) is 0 Å². The Morgan fingerprint density at radius 2 is 2.09 bits per heavy atom. The molecule has 0 spiro atoms. The molecule has 0 saturated heterocycles. The van der Waals surface area contributed by atoms with Crippen LogP contribution in [0.25, 0.3) is 0 Å². The van der Waals surface area contributed by atoms with Gasteiger partial charge in [0, 0.05) is 12.8 Å². The van der Waals surface area contributed by atoms with Crippen molar-refractivity contribution in [3.63, 3.8) is 0 Å². The smallest absolute Gasteiger partial charge is 0.132 e. The molecular formula is C9H16O2. The van der Waals surface area contributed by atoms with Gasteiger partial charge in [-0.2, -0.15) is 0 Å². The number of carbonyl (C=O) groups is 1. The Morgan fingerprint density at radius 1 is 1.45 bits per heavy atom. The highest BCUT2D eigenvalue weighted by Gasteiger charge is 1.97. The maximum absolute atomic E-state index is 10.8. The van der Waals surface area contributed by atoms with Crippen LogP contribution in [0.5, 0.6) is 0 Å². The van der Waals surface area contributed by atoms with Crippen molar-refractivity contribution < 1.29 is 9.90 Å². The van der Waals surface area contributed by atoms with E-state index in [0.29, 0.717) is 12.8 Å². The summed E-state index contributed by atoms with van der Waals surface area (Å²) in [6, 6.07) is 0. The zero-order valence-electron chi connectivity index (χ0n) is 7.26. The van der Waals surface area contributed by atoms with E-state index < -0.39 is 0 Å². The molecule has 0 unspecified atom stereocenters. The molecule has 11 heavy (non-hydrogen) atoms. The third-order valence-corrected chi connectivity index (χ3v) is 1.63. The van der Waals surface area contributed by atoms with Crippen LogP contribution in [0, 0.1) is 0 Å². The van der Waals surface area contributed by atoms with Crippen LogP contribution in [-0.4, -0.2) is 17.5 Å². The Balaban J connectivity index is 3.53. The molecule has 0 aromatic carbocycles. The average molecular weight is 156 g/mol. The molecule has 0 saturated carbocycles. The van der Waals surface area contributed by atoms with Crippen LogP contribution < -0.4 is 0 Å². The van der Waals surface area contributed by atoms with E-state index >= 15 is 0 Å². The Bertz CT molecular complexity index is 148. The minimum absolute atomic E-state index is 0.0755. The molecule has 1 N–H and O–H groups in total. The van der Waals surface area contributed by atoms with Crippen molar-refractivity contribution in [3.8, 4) is 0 Å². The Hall–Kier alpha value is -0.630. The van der Waals surface area contributed by atoms with Gasteiger partial charge in [-0.3, -0.25) is 4.79 Å². The molecular weight excluding hydrogens is 140 g/mol. The second kappa shape index (κ2) is 6.10. The number of allylic oxidation sites excluding steroid dienone is 1. The van der Waals surface area contributed by atoms with E-state index in [2.05, 4.69) is 0 Å². The summed E-state index contributed by atoms with van der Waals surface area (Å²) in [5.41, 5.74) is 1.09. The van der Waals surface area contributed by atoms with Crippen molar-refractivity contribution in [2.45, 2.75) is 33.1 Å². The fourth-order valence-electron chi connectivity index (χ4n) is 0.771. The summed E-state index contributed by atoms with van der Waals surface area (Å²) in [6.07, 6.45) is 3.75. The van der Waals surface area contributed by atoms with E-state index in [1.165, 1.54) is 0 Å². The zero-order valence-corrected chi connectivity index (χ0v) is 7.26. The monoisotopic (exact) mass is 156 g/mol. The molecule has 0 aromatic heterocycles. The van der Waals surface area contributed by atoms with Gasteiger partial charge in [0.15, 0.2) is 0 Å². The van der Waals surface area contributed by atoms with Gasteiger partial charge in [0.2, 0.25) is 0 Å². The molecule has 0 fully saturated rings. The molecule has 2 heteroatoms. The van der Waals surface area contributed by atoms with Crippen LogP contribution in [0.3, 0.4) is 0 Å². The van der Waals surface area contributed by atoms with E-state index in [0.717, 1.165) is 12.0 Å². The lowest BCUT2D eigenvalue weighted by molar-refractivity contribution is -0.118. The molecule has 0 atom stereocenters. The van der Waals surface area contributed by atoms with Gasteiger partial charge < -0.3 is 5.11 Å². The molecule has 0 rings (SSSR count). The van der Waals surface area contributed by atoms with Crippen LogP contribution >= 0.6 is 0 Å². The second-order valence-corrected chi connectivity index (χ2v) is 2.63. The van der Waals surface area contributed by atoms with Crippen LogP contribution in [0.2, 0.25) is 0 Å². The maximum atomic E-state index is 10.8. The molecule has 0 aromatic rings. The molecule has 0 radical (unpaired) electrons. The topological polar surface area (TPSA) is 37.3 Å². The third kappa shape index (κ3) is 5.80. The van der Waals surface area contributed by atoms with Crippen LogP contribution in [-0.2, 0) is 4.79 Å². The number of carbonyl (C=O) groups excluding carboxylic acids is 1. The summed E-state index contributed by atoms with van der Waals surface area (Å²) in [5, 5.41) is 8.50. The number of rotatable bonds is 5.